The van der Waals surface area contributed by atoms with Crippen LogP contribution in [0.5, 0.6) is 0 Å². The maximum atomic E-state index is 3.86. The first-order valence-corrected chi connectivity index (χ1v) is 7.43. The minimum atomic E-state index is 0.713. The largest absolute Gasteiger partial charge is 0.315 e. The van der Waals surface area contributed by atoms with Gasteiger partial charge < -0.3 is 10.6 Å². The van der Waals surface area contributed by atoms with Gasteiger partial charge in [-0.25, -0.2) is 0 Å². The second-order valence-corrected chi connectivity index (χ2v) is 5.83. The number of rotatable bonds is 3. The van der Waals surface area contributed by atoms with Gasteiger partial charge in [-0.2, -0.15) is 0 Å². The molecule has 2 heteroatoms. The third-order valence-electron chi connectivity index (χ3n) is 4.48. The molecule has 98 valence electrons. The third-order valence-corrected chi connectivity index (χ3v) is 4.48. The Bertz CT molecular complexity index is 357. The highest BCUT2D eigenvalue weighted by atomic mass is 15.0. The van der Waals surface area contributed by atoms with Gasteiger partial charge in [-0.05, 0) is 43.7 Å². The fraction of sp³-hybridized carbons (Fsp3) is 0.625. The summed E-state index contributed by atoms with van der Waals surface area (Å²) in [5.41, 5.74) is 1.54. The minimum absolute atomic E-state index is 0.713. The molecular formula is C16H24N2. The van der Waals surface area contributed by atoms with Gasteiger partial charge in [0.2, 0.25) is 0 Å². The molecule has 3 atom stereocenters. The summed E-state index contributed by atoms with van der Waals surface area (Å²) in [5.74, 6) is 0.770. The van der Waals surface area contributed by atoms with Gasteiger partial charge in [-0.3, -0.25) is 0 Å². The fourth-order valence-electron chi connectivity index (χ4n) is 3.50. The van der Waals surface area contributed by atoms with E-state index < -0.39 is 0 Å². The number of nitrogens with one attached hydrogen (secondary N) is 2. The summed E-state index contributed by atoms with van der Waals surface area (Å²) in [6, 6.07) is 12.5. The molecule has 1 aromatic rings. The first kappa shape index (κ1) is 12.2. The zero-order valence-electron chi connectivity index (χ0n) is 11.1. The Kier molecular flexibility index (Phi) is 3.96. The molecule has 2 N–H and O–H groups in total. The number of benzene rings is 1. The quantitative estimate of drug-likeness (QED) is 0.854. The van der Waals surface area contributed by atoms with Crippen molar-refractivity contribution in [2.75, 3.05) is 13.1 Å². The Morgan fingerprint density at radius 3 is 2.67 bits per heavy atom. The predicted molar refractivity (Wildman–Crippen MR) is 75.8 cm³/mol. The highest BCUT2D eigenvalue weighted by Gasteiger charge is 2.25. The lowest BCUT2D eigenvalue weighted by molar-refractivity contribution is 0.316. The molecule has 0 aromatic heterocycles. The zero-order chi connectivity index (χ0) is 12.2. The van der Waals surface area contributed by atoms with E-state index in [1.807, 2.05) is 0 Å². The Labute approximate surface area is 110 Å². The summed E-state index contributed by atoms with van der Waals surface area (Å²) < 4.78 is 0. The van der Waals surface area contributed by atoms with Crippen LogP contribution >= 0.6 is 0 Å². The topological polar surface area (TPSA) is 24.1 Å². The van der Waals surface area contributed by atoms with E-state index in [4.69, 9.17) is 0 Å². The maximum absolute atomic E-state index is 3.86. The van der Waals surface area contributed by atoms with Gasteiger partial charge in [-0.1, -0.05) is 36.8 Å². The molecule has 0 spiro atoms. The van der Waals surface area contributed by atoms with Gasteiger partial charge in [0.15, 0.2) is 0 Å². The van der Waals surface area contributed by atoms with Crippen molar-refractivity contribution in [1.82, 2.24) is 10.6 Å². The van der Waals surface area contributed by atoms with Crippen LogP contribution in [0.3, 0.4) is 0 Å². The van der Waals surface area contributed by atoms with E-state index >= 15 is 0 Å². The molecule has 0 radical (unpaired) electrons. The summed E-state index contributed by atoms with van der Waals surface area (Å²) >= 11 is 0. The standard InChI is InChI=1S/C16H24N2/c1-2-5-13(6-3-1)14-7-4-8-15(11-14)18-16-9-10-17-12-16/h1-3,5-6,14-18H,4,7-12H2/t14?,15?,16-/m1/s1. The average molecular weight is 244 g/mol. The Hall–Kier alpha value is -0.860. The zero-order valence-corrected chi connectivity index (χ0v) is 11.1. The van der Waals surface area contributed by atoms with Crippen molar-refractivity contribution in [2.24, 2.45) is 0 Å². The SMILES string of the molecule is c1ccc(C2CCCC(N[C@@H]3CCNC3)C2)cc1. The van der Waals surface area contributed by atoms with Crippen molar-refractivity contribution in [3.8, 4) is 0 Å². The maximum Gasteiger partial charge on any atom is 0.0207 e. The summed E-state index contributed by atoms with van der Waals surface area (Å²) in [6.07, 6.45) is 6.72. The predicted octanol–water partition coefficient (Wildman–Crippen LogP) is 2.66. The van der Waals surface area contributed by atoms with Crippen molar-refractivity contribution in [1.29, 1.82) is 0 Å². The number of hydrogen-bond acceptors (Lipinski definition) is 2. The first-order valence-electron chi connectivity index (χ1n) is 7.43. The van der Waals surface area contributed by atoms with Gasteiger partial charge in [0.25, 0.3) is 0 Å². The van der Waals surface area contributed by atoms with E-state index in [1.165, 1.54) is 44.2 Å². The third kappa shape index (κ3) is 2.93. The molecule has 1 saturated carbocycles. The molecule has 18 heavy (non-hydrogen) atoms. The van der Waals surface area contributed by atoms with E-state index in [0.717, 1.165) is 18.5 Å². The van der Waals surface area contributed by atoms with Crippen LogP contribution in [0.1, 0.15) is 43.6 Å². The van der Waals surface area contributed by atoms with Gasteiger partial charge in [0.1, 0.15) is 0 Å². The van der Waals surface area contributed by atoms with Crippen molar-refractivity contribution < 1.29 is 0 Å². The van der Waals surface area contributed by atoms with Crippen LogP contribution in [0.15, 0.2) is 30.3 Å². The lowest BCUT2D eigenvalue weighted by Gasteiger charge is -2.32. The molecule has 2 fully saturated rings. The average Bonchev–Trinajstić information content (AvgIpc) is 2.93. The van der Waals surface area contributed by atoms with Crippen LogP contribution in [0, 0.1) is 0 Å². The van der Waals surface area contributed by atoms with Crippen molar-refractivity contribution in [3.63, 3.8) is 0 Å². The highest BCUT2D eigenvalue weighted by Crippen LogP contribution is 2.33. The Morgan fingerprint density at radius 1 is 1.00 bits per heavy atom. The van der Waals surface area contributed by atoms with Crippen LogP contribution in [0.4, 0.5) is 0 Å². The molecule has 1 heterocycles. The van der Waals surface area contributed by atoms with E-state index in [0.29, 0.717) is 6.04 Å². The minimum Gasteiger partial charge on any atom is -0.315 e. The van der Waals surface area contributed by atoms with Crippen LogP contribution in [-0.4, -0.2) is 25.2 Å². The van der Waals surface area contributed by atoms with Gasteiger partial charge in [0.05, 0.1) is 0 Å². The summed E-state index contributed by atoms with van der Waals surface area (Å²) in [4.78, 5) is 0. The molecule has 1 aromatic carbocycles. The monoisotopic (exact) mass is 244 g/mol. The van der Waals surface area contributed by atoms with Crippen molar-refractivity contribution in [3.05, 3.63) is 35.9 Å². The molecule has 2 unspecified atom stereocenters. The summed E-state index contributed by atoms with van der Waals surface area (Å²) in [7, 11) is 0. The first-order chi connectivity index (χ1) is 8.92. The fourth-order valence-corrected chi connectivity index (χ4v) is 3.50. The molecule has 0 bridgehead atoms. The Balaban J connectivity index is 1.58. The van der Waals surface area contributed by atoms with Crippen LogP contribution in [0.2, 0.25) is 0 Å². The Morgan fingerprint density at radius 2 is 1.89 bits per heavy atom. The van der Waals surface area contributed by atoms with Gasteiger partial charge in [0, 0.05) is 18.6 Å². The lowest BCUT2D eigenvalue weighted by Crippen LogP contribution is -2.41. The summed E-state index contributed by atoms with van der Waals surface area (Å²) in [5, 5.41) is 7.30. The highest BCUT2D eigenvalue weighted by molar-refractivity contribution is 5.20. The van der Waals surface area contributed by atoms with E-state index in [-0.39, 0.29) is 0 Å². The van der Waals surface area contributed by atoms with E-state index in [2.05, 4.69) is 41.0 Å². The van der Waals surface area contributed by atoms with Crippen LogP contribution in [-0.2, 0) is 0 Å². The molecular weight excluding hydrogens is 220 g/mol. The molecule has 2 nitrogen and oxygen atoms in total. The normalized spacial score (nSPS) is 32.6. The molecule has 2 aliphatic rings. The van der Waals surface area contributed by atoms with E-state index in [9.17, 15) is 0 Å². The summed E-state index contributed by atoms with van der Waals surface area (Å²) in [6.45, 7) is 2.35. The lowest BCUT2D eigenvalue weighted by atomic mass is 9.81. The smallest absolute Gasteiger partial charge is 0.0207 e. The molecule has 0 amide bonds. The second-order valence-electron chi connectivity index (χ2n) is 5.83. The molecule has 1 aliphatic carbocycles. The van der Waals surface area contributed by atoms with Gasteiger partial charge >= 0.3 is 0 Å². The molecule has 1 aliphatic heterocycles. The van der Waals surface area contributed by atoms with E-state index in [1.54, 1.807) is 0 Å². The van der Waals surface area contributed by atoms with Crippen molar-refractivity contribution in [2.45, 2.75) is 50.1 Å². The van der Waals surface area contributed by atoms with Gasteiger partial charge in [-0.15, -0.1) is 0 Å². The van der Waals surface area contributed by atoms with Crippen LogP contribution < -0.4 is 10.6 Å². The second kappa shape index (κ2) is 5.85. The van der Waals surface area contributed by atoms with Crippen LogP contribution in [0.25, 0.3) is 0 Å². The van der Waals surface area contributed by atoms with Crippen molar-refractivity contribution >= 4 is 0 Å². The number of hydrogen-bond donors (Lipinski definition) is 2. The molecule has 3 rings (SSSR count). The molecule has 1 saturated heterocycles.